The van der Waals surface area contributed by atoms with Gasteiger partial charge in [0.25, 0.3) is 0 Å². The SMILES string of the molecule is CC(C)(C)OC(=O)N1CCCC1C(C)(C)CN. The molecule has 1 aliphatic rings. The van der Waals surface area contributed by atoms with Gasteiger partial charge in [0.1, 0.15) is 5.60 Å². The molecule has 4 heteroatoms. The van der Waals surface area contributed by atoms with E-state index in [1.54, 1.807) is 0 Å². The minimum Gasteiger partial charge on any atom is -0.444 e. The van der Waals surface area contributed by atoms with E-state index in [1.807, 2.05) is 25.7 Å². The van der Waals surface area contributed by atoms with Crippen molar-refractivity contribution in [3.05, 3.63) is 0 Å². The Bertz CT molecular complexity index is 282. The average molecular weight is 242 g/mol. The van der Waals surface area contributed by atoms with Crippen LogP contribution in [0.15, 0.2) is 0 Å². The third-order valence-corrected chi connectivity index (χ3v) is 3.31. The van der Waals surface area contributed by atoms with Gasteiger partial charge in [0.05, 0.1) is 0 Å². The van der Waals surface area contributed by atoms with Crippen molar-refractivity contribution in [3.8, 4) is 0 Å². The molecule has 1 unspecified atom stereocenters. The molecule has 0 aromatic carbocycles. The molecule has 1 rings (SSSR count). The van der Waals surface area contributed by atoms with Gasteiger partial charge in [0, 0.05) is 12.6 Å². The minimum absolute atomic E-state index is 0.0482. The van der Waals surface area contributed by atoms with Crippen LogP contribution in [-0.4, -0.2) is 35.7 Å². The second-order valence-electron chi connectivity index (χ2n) is 6.52. The summed E-state index contributed by atoms with van der Waals surface area (Å²) >= 11 is 0. The van der Waals surface area contributed by atoms with Crippen LogP contribution in [0.3, 0.4) is 0 Å². The van der Waals surface area contributed by atoms with Crippen molar-refractivity contribution >= 4 is 6.09 Å². The first-order valence-electron chi connectivity index (χ1n) is 6.37. The first kappa shape index (κ1) is 14.3. The van der Waals surface area contributed by atoms with E-state index in [4.69, 9.17) is 10.5 Å². The highest BCUT2D eigenvalue weighted by molar-refractivity contribution is 5.69. The largest absolute Gasteiger partial charge is 0.444 e. The van der Waals surface area contributed by atoms with E-state index >= 15 is 0 Å². The maximum Gasteiger partial charge on any atom is 0.410 e. The molecule has 0 saturated carbocycles. The molecule has 0 aromatic rings. The van der Waals surface area contributed by atoms with Crippen LogP contribution in [0.25, 0.3) is 0 Å². The van der Waals surface area contributed by atoms with Gasteiger partial charge in [0.15, 0.2) is 0 Å². The predicted molar refractivity (Wildman–Crippen MR) is 68.8 cm³/mol. The van der Waals surface area contributed by atoms with Gasteiger partial charge in [-0.2, -0.15) is 0 Å². The Hall–Kier alpha value is -0.770. The van der Waals surface area contributed by atoms with Crippen LogP contribution in [0.2, 0.25) is 0 Å². The number of nitrogens with two attached hydrogens (primary N) is 1. The van der Waals surface area contributed by atoms with Crippen LogP contribution in [-0.2, 0) is 4.74 Å². The van der Waals surface area contributed by atoms with Gasteiger partial charge >= 0.3 is 6.09 Å². The van der Waals surface area contributed by atoms with Crippen LogP contribution < -0.4 is 5.73 Å². The second kappa shape index (κ2) is 4.84. The van der Waals surface area contributed by atoms with Crippen LogP contribution in [0.1, 0.15) is 47.5 Å². The first-order chi connectivity index (χ1) is 7.67. The highest BCUT2D eigenvalue weighted by Crippen LogP contribution is 2.33. The zero-order valence-corrected chi connectivity index (χ0v) is 11.7. The summed E-state index contributed by atoms with van der Waals surface area (Å²) < 4.78 is 5.44. The van der Waals surface area contributed by atoms with E-state index in [-0.39, 0.29) is 17.6 Å². The molecule has 17 heavy (non-hydrogen) atoms. The highest BCUT2D eigenvalue weighted by atomic mass is 16.6. The molecule has 1 heterocycles. The summed E-state index contributed by atoms with van der Waals surface area (Å²) in [6.45, 7) is 11.3. The van der Waals surface area contributed by atoms with E-state index < -0.39 is 5.60 Å². The Morgan fingerprint density at radius 1 is 1.35 bits per heavy atom. The average Bonchev–Trinajstić information content (AvgIpc) is 2.63. The zero-order valence-electron chi connectivity index (χ0n) is 11.7. The molecule has 4 nitrogen and oxygen atoms in total. The van der Waals surface area contributed by atoms with E-state index in [0.29, 0.717) is 6.54 Å². The summed E-state index contributed by atoms with van der Waals surface area (Å²) in [4.78, 5) is 13.9. The molecular formula is C13H26N2O2. The van der Waals surface area contributed by atoms with Crippen molar-refractivity contribution in [2.75, 3.05) is 13.1 Å². The summed E-state index contributed by atoms with van der Waals surface area (Å²) in [5, 5.41) is 0. The Balaban J connectivity index is 2.73. The lowest BCUT2D eigenvalue weighted by Gasteiger charge is -2.37. The smallest absolute Gasteiger partial charge is 0.410 e. The number of amides is 1. The fourth-order valence-corrected chi connectivity index (χ4v) is 2.25. The Kier molecular flexibility index (Phi) is 4.07. The van der Waals surface area contributed by atoms with Crippen LogP contribution >= 0.6 is 0 Å². The highest BCUT2D eigenvalue weighted by Gasteiger charge is 2.40. The number of ether oxygens (including phenoxy) is 1. The maximum absolute atomic E-state index is 12.1. The van der Waals surface area contributed by atoms with Crippen LogP contribution in [0.4, 0.5) is 4.79 Å². The van der Waals surface area contributed by atoms with E-state index in [1.165, 1.54) is 0 Å². The third kappa shape index (κ3) is 3.60. The molecular weight excluding hydrogens is 216 g/mol. The van der Waals surface area contributed by atoms with Gasteiger partial charge in [-0.15, -0.1) is 0 Å². The number of carbonyl (C=O) groups is 1. The van der Waals surface area contributed by atoms with Crippen molar-refractivity contribution in [3.63, 3.8) is 0 Å². The molecule has 0 spiro atoms. The van der Waals surface area contributed by atoms with Crippen molar-refractivity contribution in [1.82, 2.24) is 4.90 Å². The predicted octanol–water partition coefficient (Wildman–Crippen LogP) is 2.37. The summed E-state index contributed by atoms with van der Waals surface area (Å²) in [6, 6.07) is 0.197. The quantitative estimate of drug-likeness (QED) is 0.808. The standard InChI is InChI=1S/C13H26N2O2/c1-12(2,3)17-11(16)15-8-6-7-10(15)13(4,5)9-14/h10H,6-9,14H2,1-5H3. The van der Waals surface area contributed by atoms with Gasteiger partial charge in [-0.3, -0.25) is 0 Å². The van der Waals surface area contributed by atoms with Crippen molar-refractivity contribution < 1.29 is 9.53 Å². The fraction of sp³-hybridized carbons (Fsp3) is 0.923. The third-order valence-electron chi connectivity index (χ3n) is 3.31. The molecule has 0 bridgehead atoms. The van der Waals surface area contributed by atoms with Gasteiger partial charge < -0.3 is 15.4 Å². The molecule has 100 valence electrons. The number of rotatable bonds is 2. The lowest BCUT2D eigenvalue weighted by molar-refractivity contribution is 0.0114. The van der Waals surface area contributed by atoms with Crippen molar-refractivity contribution in [2.45, 2.75) is 59.1 Å². The molecule has 1 atom stereocenters. The van der Waals surface area contributed by atoms with Gasteiger partial charge in [-0.05, 0) is 45.6 Å². The number of hydrogen-bond donors (Lipinski definition) is 1. The molecule has 2 N–H and O–H groups in total. The van der Waals surface area contributed by atoms with E-state index in [0.717, 1.165) is 19.4 Å². The van der Waals surface area contributed by atoms with Crippen molar-refractivity contribution in [2.24, 2.45) is 11.1 Å². The molecule has 1 fully saturated rings. The van der Waals surface area contributed by atoms with Gasteiger partial charge in [0.2, 0.25) is 0 Å². The molecule has 1 aliphatic heterocycles. The summed E-state index contributed by atoms with van der Waals surface area (Å²) in [5.41, 5.74) is 5.32. The van der Waals surface area contributed by atoms with Gasteiger partial charge in [-0.1, -0.05) is 13.8 Å². The lowest BCUT2D eigenvalue weighted by Crippen LogP contribution is -2.48. The summed E-state index contributed by atoms with van der Waals surface area (Å²) in [7, 11) is 0. The number of hydrogen-bond acceptors (Lipinski definition) is 3. The monoisotopic (exact) mass is 242 g/mol. The van der Waals surface area contributed by atoms with Crippen LogP contribution in [0.5, 0.6) is 0 Å². The first-order valence-corrected chi connectivity index (χ1v) is 6.37. The Morgan fingerprint density at radius 2 is 1.94 bits per heavy atom. The zero-order chi connectivity index (χ0) is 13.3. The molecule has 0 aliphatic carbocycles. The number of likely N-dealkylation sites (tertiary alicyclic amines) is 1. The maximum atomic E-state index is 12.1. The van der Waals surface area contributed by atoms with Crippen molar-refractivity contribution in [1.29, 1.82) is 0 Å². The number of nitrogens with zero attached hydrogens (tertiary/aromatic N) is 1. The Labute approximate surface area is 104 Å². The Morgan fingerprint density at radius 3 is 2.41 bits per heavy atom. The van der Waals surface area contributed by atoms with Gasteiger partial charge in [-0.25, -0.2) is 4.79 Å². The number of carbonyl (C=O) groups excluding carboxylic acids is 1. The molecule has 0 radical (unpaired) electrons. The topological polar surface area (TPSA) is 55.6 Å². The summed E-state index contributed by atoms with van der Waals surface area (Å²) in [6.07, 6.45) is 1.85. The van der Waals surface area contributed by atoms with Crippen LogP contribution in [0, 0.1) is 5.41 Å². The minimum atomic E-state index is -0.433. The van der Waals surface area contributed by atoms with E-state index in [2.05, 4.69) is 13.8 Å². The fourth-order valence-electron chi connectivity index (χ4n) is 2.25. The molecule has 0 aromatic heterocycles. The summed E-state index contributed by atoms with van der Waals surface area (Å²) in [5.74, 6) is 0. The molecule has 1 amide bonds. The lowest BCUT2D eigenvalue weighted by atomic mass is 9.83. The second-order valence-corrected chi connectivity index (χ2v) is 6.52. The van der Waals surface area contributed by atoms with E-state index in [9.17, 15) is 4.79 Å². The normalized spacial score (nSPS) is 21.8. The molecule has 1 saturated heterocycles.